The monoisotopic (exact) mass is 398 g/mol. The van der Waals surface area contributed by atoms with Crippen LogP contribution < -0.4 is 10.1 Å². The Morgan fingerprint density at radius 1 is 1.20 bits per heavy atom. The van der Waals surface area contributed by atoms with Gasteiger partial charge in [0.15, 0.2) is 0 Å². The number of pyridine rings is 1. The highest BCUT2D eigenvalue weighted by molar-refractivity contribution is 9.10. The largest absolute Gasteiger partial charge is 0.489 e. The van der Waals surface area contributed by atoms with E-state index in [4.69, 9.17) is 4.74 Å². The Morgan fingerprint density at radius 2 is 2.05 bits per heavy atom. The second-order valence-electron chi connectivity index (χ2n) is 4.33. The van der Waals surface area contributed by atoms with Gasteiger partial charge >= 0.3 is 0 Å². The molecule has 3 nitrogen and oxygen atoms in total. The molecule has 0 aliphatic carbocycles. The van der Waals surface area contributed by atoms with Gasteiger partial charge in [-0.05, 0) is 52.3 Å². The van der Waals surface area contributed by atoms with Gasteiger partial charge in [-0.3, -0.25) is 4.98 Å². The van der Waals surface area contributed by atoms with Crippen LogP contribution in [0, 0.1) is 0 Å². The van der Waals surface area contributed by atoms with Crippen LogP contribution in [0.25, 0.3) is 0 Å². The van der Waals surface area contributed by atoms with Crippen LogP contribution in [0.15, 0.2) is 45.6 Å². The van der Waals surface area contributed by atoms with Crippen molar-refractivity contribution in [2.75, 3.05) is 6.54 Å². The summed E-state index contributed by atoms with van der Waals surface area (Å²) in [6.07, 6.45) is 3.57. The summed E-state index contributed by atoms with van der Waals surface area (Å²) in [7, 11) is 0. The van der Waals surface area contributed by atoms with Crippen molar-refractivity contribution in [1.29, 1.82) is 0 Å². The van der Waals surface area contributed by atoms with E-state index in [0.717, 1.165) is 33.3 Å². The molecule has 1 heterocycles. The van der Waals surface area contributed by atoms with Crippen LogP contribution in [0.4, 0.5) is 0 Å². The Labute approximate surface area is 136 Å². The van der Waals surface area contributed by atoms with Crippen molar-refractivity contribution < 1.29 is 4.74 Å². The van der Waals surface area contributed by atoms with Gasteiger partial charge in [-0.2, -0.15) is 0 Å². The second kappa shape index (κ2) is 7.76. The van der Waals surface area contributed by atoms with Crippen molar-refractivity contribution in [3.8, 4) is 5.75 Å². The highest BCUT2D eigenvalue weighted by atomic mass is 79.9. The predicted molar refractivity (Wildman–Crippen MR) is 87.8 cm³/mol. The zero-order valence-corrected chi connectivity index (χ0v) is 14.4. The SMILES string of the molecule is CCNCc1cc(OCc2cncc(Br)c2)ccc1Br. The Kier molecular flexibility index (Phi) is 6.01. The van der Waals surface area contributed by atoms with Crippen molar-refractivity contribution >= 4 is 31.9 Å². The first kappa shape index (κ1) is 15.5. The molecular weight excluding hydrogens is 384 g/mol. The van der Waals surface area contributed by atoms with E-state index in [2.05, 4.69) is 55.2 Å². The summed E-state index contributed by atoms with van der Waals surface area (Å²) in [6, 6.07) is 8.04. The van der Waals surface area contributed by atoms with Crippen LogP contribution in [0.1, 0.15) is 18.1 Å². The summed E-state index contributed by atoms with van der Waals surface area (Å²) < 4.78 is 7.87. The van der Waals surface area contributed by atoms with Crippen molar-refractivity contribution in [3.05, 3.63) is 56.7 Å². The van der Waals surface area contributed by atoms with Gasteiger partial charge in [-0.25, -0.2) is 0 Å². The first-order chi connectivity index (χ1) is 9.69. The van der Waals surface area contributed by atoms with E-state index in [-0.39, 0.29) is 0 Å². The van der Waals surface area contributed by atoms with Crippen LogP contribution in [0.2, 0.25) is 0 Å². The normalized spacial score (nSPS) is 10.6. The molecule has 20 heavy (non-hydrogen) atoms. The number of benzene rings is 1. The quantitative estimate of drug-likeness (QED) is 0.786. The number of rotatable bonds is 6. The van der Waals surface area contributed by atoms with Gasteiger partial charge < -0.3 is 10.1 Å². The summed E-state index contributed by atoms with van der Waals surface area (Å²) in [4.78, 5) is 4.12. The number of hydrogen-bond donors (Lipinski definition) is 1. The number of hydrogen-bond acceptors (Lipinski definition) is 3. The number of ether oxygens (including phenoxy) is 1. The third-order valence-corrected chi connectivity index (χ3v) is 3.96. The lowest BCUT2D eigenvalue weighted by atomic mass is 10.2. The fourth-order valence-electron chi connectivity index (χ4n) is 1.74. The first-order valence-corrected chi connectivity index (χ1v) is 7.99. The molecule has 0 aliphatic rings. The van der Waals surface area contributed by atoms with Crippen molar-refractivity contribution in [3.63, 3.8) is 0 Å². The van der Waals surface area contributed by atoms with Gasteiger partial charge in [0.05, 0.1) is 0 Å². The lowest BCUT2D eigenvalue weighted by Gasteiger charge is -2.10. The average Bonchev–Trinajstić information content (AvgIpc) is 2.45. The molecule has 0 amide bonds. The summed E-state index contributed by atoms with van der Waals surface area (Å²) in [5.41, 5.74) is 2.23. The lowest BCUT2D eigenvalue weighted by molar-refractivity contribution is 0.305. The van der Waals surface area contributed by atoms with E-state index in [9.17, 15) is 0 Å². The molecule has 1 aromatic carbocycles. The molecule has 0 aliphatic heterocycles. The zero-order chi connectivity index (χ0) is 14.4. The summed E-state index contributed by atoms with van der Waals surface area (Å²) in [5.74, 6) is 0.862. The molecule has 1 N–H and O–H groups in total. The van der Waals surface area contributed by atoms with Gasteiger partial charge in [0.2, 0.25) is 0 Å². The summed E-state index contributed by atoms with van der Waals surface area (Å²) in [5, 5.41) is 3.31. The summed E-state index contributed by atoms with van der Waals surface area (Å²) in [6.45, 7) is 4.37. The van der Waals surface area contributed by atoms with E-state index >= 15 is 0 Å². The smallest absolute Gasteiger partial charge is 0.120 e. The van der Waals surface area contributed by atoms with Crippen molar-refractivity contribution in [1.82, 2.24) is 10.3 Å². The predicted octanol–water partition coefficient (Wildman–Crippen LogP) is 4.30. The van der Waals surface area contributed by atoms with Crippen LogP contribution in [0.5, 0.6) is 5.75 Å². The second-order valence-corrected chi connectivity index (χ2v) is 6.10. The topological polar surface area (TPSA) is 34.1 Å². The Bertz CT molecular complexity index is 576. The zero-order valence-electron chi connectivity index (χ0n) is 11.2. The number of halogens is 2. The maximum Gasteiger partial charge on any atom is 0.120 e. The van der Waals surface area contributed by atoms with Crippen LogP contribution in [0.3, 0.4) is 0 Å². The Balaban J connectivity index is 2.02. The van der Waals surface area contributed by atoms with Gasteiger partial charge in [-0.1, -0.05) is 22.9 Å². The molecule has 1 aromatic heterocycles. The highest BCUT2D eigenvalue weighted by Crippen LogP contribution is 2.23. The van der Waals surface area contributed by atoms with Crippen molar-refractivity contribution in [2.24, 2.45) is 0 Å². The number of nitrogens with one attached hydrogen (secondary N) is 1. The number of aromatic nitrogens is 1. The molecule has 0 unspecified atom stereocenters. The molecule has 2 aromatic rings. The fourth-order valence-corrected chi connectivity index (χ4v) is 2.54. The molecule has 0 radical (unpaired) electrons. The molecule has 5 heteroatoms. The molecule has 0 saturated carbocycles. The standard InChI is InChI=1S/C15H16Br2N2O/c1-2-18-8-12-6-14(3-4-15(12)17)20-10-11-5-13(16)9-19-7-11/h3-7,9,18H,2,8,10H2,1H3. The maximum absolute atomic E-state index is 5.81. The molecule has 2 rings (SSSR count). The van der Waals surface area contributed by atoms with Gasteiger partial charge in [0.25, 0.3) is 0 Å². The average molecular weight is 400 g/mol. The minimum absolute atomic E-state index is 0.509. The molecule has 0 fully saturated rings. The van der Waals surface area contributed by atoms with E-state index in [1.165, 1.54) is 5.56 Å². The minimum Gasteiger partial charge on any atom is -0.489 e. The van der Waals surface area contributed by atoms with E-state index < -0.39 is 0 Å². The Hall–Kier alpha value is -0.910. The fraction of sp³-hybridized carbons (Fsp3) is 0.267. The van der Waals surface area contributed by atoms with Crippen LogP contribution in [-0.2, 0) is 13.2 Å². The molecular formula is C15H16Br2N2O. The molecule has 0 atom stereocenters. The number of nitrogens with zero attached hydrogens (tertiary/aromatic N) is 1. The van der Waals surface area contributed by atoms with Gasteiger partial charge in [0.1, 0.15) is 12.4 Å². The van der Waals surface area contributed by atoms with Crippen molar-refractivity contribution in [2.45, 2.75) is 20.1 Å². The highest BCUT2D eigenvalue weighted by Gasteiger charge is 2.03. The third-order valence-electron chi connectivity index (χ3n) is 2.75. The minimum atomic E-state index is 0.509. The van der Waals surface area contributed by atoms with Gasteiger partial charge in [-0.15, -0.1) is 0 Å². The first-order valence-electron chi connectivity index (χ1n) is 6.40. The van der Waals surface area contributed by atoms with E-state index in [1.54, 1.807) is 6.20 Å². The Morgan fingerprint density at radius 3 is 2.80 bits per heavy atom. The molecule has 0 saturated heterocycles. The van der Waals surface area contributed by atoms with Crippen LogP contribution in [-0.4, -0.2) is 11.5 Å². The lowest BCUT2D eigenvalue weighted by Crippen LogP contribution is -2.12. The molecule has 0 spiro atoms. The third kappa shape index (κ3) is 4.58. The maximum atomic E-state index is 5.81. The van der Waals surface area contributed by atoms with E-state index in [0.29, 0.717) is 6.61 Å². The van der Waals surface area contributed by atoms with Crippen LogP contribution >= 0.6 is 31.9 Å². The van der Waals surface area contributed by atoms with Gasteiger partial charge in [0, 0.05) is 33.4 Å². The molecule has 0 bridgehead atoms. The van der Waals surface area contributed by atoms with E-state index in [1.807, 2.05) is 24.4 Å². The molecule has 106 valence electrons. The summed E-state index contributed by atoms with van der Waals surface area (Å²) >= 11 is 6.96.